The Morgan fingerprint density at radius 2 is 2.19 bits per heavy atom. The summed E-state index contributed by atoms with van der Waals surface area (Å²) in [5, 5.41) is 0. The average Bonchev–Trinajstić information content (AvgIpc) is 2.67. The Hall–Kier alpha value is -1.22. The van der Waals surface area contributed by atoms with Crippen molar-refractivity contribution in [2.75, 3.05) is 6.61 Å². The van der Waals surface area contributed by atoms with Gasteiger partial charge in [-0.15, -0.1) is 0 Å². The summed E-state index contributed by atoms with van der Waals surface area (Å²) < 4.78 is 19.0. The number of aryl methyl sites for hydroxylation is 2. The molecule has 1 saturated heterocycles. The number of halogens is 1. The zero-order valence-electron chi connectivity index (χ0n) is 9.55. The quantitative estimate of drug-likeness (QED) is 0.719. The van der Waals surface area contributed by atoms with Gasteiger partial charge in [-0.25, -0.2) is 4.39 Å². The molecule has 0 spiro atoms. The first-order valence-corrected chi connectivity index (χ1v) is 5.52. The van der Waals surface area contributed by atoms with Gasteiger partial charge in [-0.2, -0.15) is 0 Å². The number of Topliss-reactive ketones (excluding diaryl/α,β-unsaturated/α-hetero) is 1. The Morgan fingerprint density at radius 1 is 1.44 bits per heavy atom. The summed E-state index contributed by atoms with van der Waals surface area (Å²) >= 11 is 0. The molecule has 0 aromatic heterocycles. The molecule has 1 fully saturated rings. The smallest absolute Gasteiger partial charge is 0.194 e. The number of carbonyl (C=O) groups is 1. The standard InChI is InChI=1S/C13H15FO2/c1-8-6-9(2)12(10(14)7-8)13(15)11-4-3-5-16-11/h6-7,11H,3-5H2,1-2H3. The summed E-state index contributed by atoms with van der Waals surface area (Å²) in [5.41, 5.74) is 1.72. The Balaban J connectivity index is 2.35. The van der Waals surface area contributed by atoms with Gasteiger partial charge < -0.3 is 4.74 Å². The van der Waals surface area contributed by atoms with E-state index in [9.17, 15) is 9.18 Å². The van der Waals surface area contributed by atoms with Gasteiger partial charge in [0.25, 0.3) is 0 Å². The maximum absolute atomic E-state index is 13.7. The van der Waals surface area contributed by atoms with Crippen LogP contribution in [-0.2, 0) is 4.74 Å². The van der Waals surface area contributed by atoms with E-state index in [0.29, 0.717) is 18.6 Å². The molecule has 0 bridgehead atoms. The lowest BCUT2D eigenvalue weighted by molar-refractivity contribution is 0.0638. The highest BCUT2D eigenvalue weighted by molar-refractivity contribution is 6.01. The summed E-state index contributed by atoms with van der Waals surface area (Å²) in [6.45, 7) is 4.18. The third-order valence-corrected chi connectivity index (χ3v) is 2.90. The summed E-state index contributed by atoms with van der Waals surface area (Å²) in [6.07, 6.45) is 1.13. The van der Waals surface area contributed by atoms with E-state index in [0.717, 1.165) is 12.0 Å². The molecular weight excluding hydrogens is 207 g/mol. The molecule has 1 aromatic carbocycles. The SMILES string of the molecule is Cc1cc(C)c(C(=O)C2CCCO2)c(F)c1. The number of ketones is 1. The van der Waals surface area contributed by atoms with Crippen molar-refractivity contribution in [1.29, 1.82) is 0 Å². The van der Waals surface area contributed by atoms with Crippen LogP contribution in [0.3, 0.4) is 0 Å². The van der Waals surface area contributed by atoms with Gasteiger partial charge in [0, 0.05) is 6.61 Å². The average molecular weight is 222 g/mol. The van der Waals surface area contributed by atoms with E-state index in [1.807, 2.05) is 13.0 Å². The number of carbonyl (C=O) groups excluding carboxylic acids is 1. The van der Waals surface area contributed by atoms with Crippen molar-refractivity contribution in [3.05, 3.63) is 34.6 Å². The van der Waals surface area contributed by atoms with Crippen molar-refractivity contribution in [2.24, 2.45) is 0 Å². The predicted molar refractivity (Wildman–Crippen MR) is 59.2 cm³/mol. The van der Waals surface area contributed by atoms with E-state index >= 15 is 0 Å². The highest BCUT2D eigenvalue weighted by Crippen LogP contribution is 2.22. The topological polar surface area (TPSA) is 26.3 Å². The Labute approximate surface area is 94.4 Å². The molecule has 0 amide bonds. The van der Waals surface area contributed by atoms with E-state index in [1.165, 1.54) is 6.07 Å². The lowest BCUT2D eigenvalue weighted by atomic mass is 9.97. The molecule has 2 nitrogen and oxygen atoms in total. The van der Waals surface area contributed by atoms with Gasteiger partial charge in [0.2, 0.25) is 0 Å². The fraction of sp³-hybridized carbons (Fsp3) is 0.462. The molecule has 0 aliphatic carbocycles. The van der Waals surface area contributed by atoms with Crippen LogP contribution < -0.4 is 0 Å². The van der Waals surface area contributed by atoms with Crippen molar-refractivity contribution in [1.82, 2.24) is 0 Å². The lowest BCUT2D eigenvalue weighted by Gasteiger charge is -2.12. The third-order valence-electron chi connectivity index (χ3n) is 2.90. The number of benzene rings is 1. The maximum atomic E-state index is 13.7. The van der Waals surface area contributed by atoms with Gasteiger partial charge in [-0.05, 0) is 43.9 Å². The normalized spacial score (nSPS) is 20.1. The van der Waals surface area contributed by atoms with Crippen LogP contribution in [0, 0.1) is 19.7 Å². The minimum Gasteiger partial charge on any atom is -0.370 e. The van der Waals surface area contributed by atoms with Crippen LogP contribution in [0.2, 0.25) is 0 Å². The maximum Gasteiger partial charge on any atom is 0.194 e. The first-order valence-electron chi connectivity index (χ1n) is 5.52. The van der Waals surface area contributed by atoms with Crippen molar-refractivity contribution >= 4 is 5.78 Å². The number of ether oxygens (including phenoxy) is 1. The molecule has 1 unspecified atom stereocenters. The largest absolute Gasteiger partial charge is 0.370 e. The van der Waals surface area contributed by atoms with Crippen molar-refractivity contribution in [3.63, 3.8) is 0 Å². The lowest BCUT2D eigenvalue weighted by Crippen LogP contribution is -2.21. The fourth-order valence-electron chi connectivity index (χ4n) is 2.17. The number of hydrogen-bond donors (Lipinski definition) is 0. The Kier molecular flexibility index (Phi) is 3.06. The van der Waals surface area contributed by atoms with Crippen LogP contribution >= 0.6 is 0 Å². The van der Waals surface area contributed by atoms with E-state index in [-0.39, 0.29) is 11.3 Å². The number of hydrogen-bond acceptors (Lipinski definition) is 2. The molecule has 1 aliphatic heterocycles. The van der Waals surface area contributed by atoms with Crippen LogP contribution in [0.15, 0.2) is 12.1 Å². The van der Waals surface area contributed by atoms with Gasteiger partial charge in [0.1, 0.15) is 11.9 Å². The summed E-state index contributed by atoms with van der Waals surface area (Å²) in [5.74, 6) is -0.648. The van der Waals surface area contributed by atoms with E-state index in [4.69, 9.17) is 4.74 Å². The second-order valence-electron chi connectivity index (χ2n) is 4.30. The van der Waals surface area contributed by atoms with Crippen LogP contribution in [0.5, 0.6) is 0 Å². The molecule has 0 N–H and O–H groups in total. The zero-order chi connectivity index (χ0) is 11.7. The molecule has 0 saturated carbocycles. The van der Waals surface area contributed by atoms with Gasteiger partial charge >= 0.3 is 0 Å². The Bertz CT molecular complexity index is 397. The number of rotatable bonds is 2. The van der Waals surface area contributed by atoms with Crippen molar-refractivity contribution in [2.45, 2.75) is 32.8 Å². The molecule has 1 aromatic rings. The summed E-state index contributed by atoms with van der Waals surface area (Å²) in [7, 11) is 0. The fourth-order valence-corrected chi connectivity index (χ4v) is 2.17. The van der Waals surface area contributed by atoms with Crippen LogP contribution in [-0.4, -0.2) is 18.5 Å². The first kappa shape index (κ1) is 11.3. The van der Waals surface area contributed by atoms with Gasteiger partial charge in [0.15, 0.2) is 5.78 Å². The third kappa shape index (κ3) is 2.00. The van der Waals surface area contributed by atoms with Gasteiger partial charge in [-0.3, -0.25) is 4.79 Å². The molecule has 1 heterocycles. The first-order chi connectivity index (χ1) is 7.59. The second kappa shape index (κ2) is 4.34. The molecule has 0 radical (unpaired) electrons. The molecule has 16 heavy (non-hydrogen) atoms. The summed E-state index contributed by atoms with van der Waals surface area (Å²) in [4.78, 5) is 12.0. The summed E-state index contributed by atoms with van der Waals surface area (Å²) in [6, 6.07) is 3.22. The minimum absolute atomic E-state index is 0.192. The van der Waals surface area contributed by atoms with Crippen molar-refractivity contribution in [3.8, 4) is 0 Å². The molecule has 86 valence electrons. The Morgan fingerprint density at radius 3 is 2.75 bits per heavy atom. The highest BCUT2D eigenvalue weighted by atomic mass is 19.1. The monoisotopic (exact) mass is 222 g/mol. The molecule has 1 atom stereocenters. The molecular formula is C13H15FO2. The van der Waals surface area contributed by atoms with E-state index < -0.39 is 11.9 Å². The second-order valence-corrected chi connectivity index (χ2v) is 4.30. The molecule has 2 rings (SSSR count). The van der Waals surface area contributed by atoms with Gasteiger partial charge in [-0.1, -0.05) is 6.07 Å². The van der Waals surface area contributed by atoms with E-state index in [2.05, 4.69) is 0 Å². The van der Waals surface area contributed by atoms with Crippen LogP contribution in [0.25, 0.3) is 0 Å². The highest BCUT2D eigenvalue weighted by Gasteiger charge is 2.28. The van der Waals surface area contributed by atoms with Crippen LogP contribution in [0.4, 0.5) is 4.39 Å². The van der Waals surface area contributed by atoms with Gasteiger partial charge in [0.05, 0.1) is 5.56 Å². The zero-order valence-corrected chi connectivity index (χ0v) is 9.55. The van der Waals surface area contributed by atoms with E-state index in [1.54, 1.807) is 6.92 Å². The molecule has 1 aliphatic rings. The predicted octanol–water partition coefficient (Wildman–Crippen LogP) is 2.80. The minimum atomic E-state index is -0.448. The van der Waals surface area contributed by atoms with Crippen molar-refractivity contribution < 1.29 is 13.9 Å². The van der Waals surface area contributed by atoms with Crippen LogP contribution in [0.1, 0.15) is 34.3 Å². The molecule has 3 heteroatoms.